The summed E-state index contributed by atoms with van der Waals surface area (Å²) in [6.07, 6.45) is 1.56. The first-order valence-corrected chi connectivity index (χ1v) is 5.95. The molecule has 7 heteroatoms. The van der Waals surface area contributed by atoms with Crippen LogP contribution in [0.4, 0.5) is 13.2 Å². The molecule has 17 heavy (non-hydrogen) atoms. The van der Waals surface area contributed by atoms with Gasteiger partial charge in [0.1, 0.15) is 5.69 Å². The number of thioether (sulfide) groups is 1. The molecule has 0 spiro atoms. The Hall–Kier alpha value is -1.11. The molecule has 0 atom stereocenters. The maximum Gasteiger partial charge on any atom is 0.441 e. The van der Waals surface area contributed by atoms with E-state index >= 15 is 0 Å². The number of alkyl halides is 3. The molecule has 0 radical (unpaired) electrons. The lowest BCUT2D eigenvalue weighted by Crippen LogP contribution is -2.14. The Bertz CT molecular complexity index is 376. The van der Waals surface area contributed by atoms with Crippen LogP contribution in [0, 0.1) is 0 Å². The molecule has 0 aliphatic heterocycles. The van der Waals surface area contributed by atoms with Crippen molar-refractivity contribution in [3.8, 4) is 0 Å². The first-order valence-electron chi connectivity index (χ1n) is 4.97. The van der Waals surface area contributed by atoms with E-state index in [4.69, 9.17) is 4.74 Å². The summed E-state index contributed by atoms with van der Waals surface area (Å²) in [5.41, 5.74) is -3.97. The predicted molar refractivity (Wildman–Crippen MR) is 58.9 cm³/mol. The molecule has 96 valence electrons. The highest BCUT2D eigenvalue weighted by Gasteiger charge is 2.27. The van der Waals surface area contributed by atoms with Gasteiger partial charge in [0, 0.05) is 18.5 Å². The zero-order valence-electron chi connectivity index (χ0n) is 9.16. The summed E-state index contributed by atoms with van der Waals surface area (Å²) in [5.74, 6) is -0.653. The Morgan fingerprint density at radius 3 is 2.82 bits per heavy atom. The van der Waals surface area contributed by atoms with Crippen molar-refractivity contribution in [1.29, 1.82) is 0 Å². The fraction of sp³-hybridized carbons (Fsp3) is 0.500. The number of carbonyl (C=O) groups excluding carboxylic acids is 1. The molecular weight excluding hydrogens is 255 g/mol. The van der Waals surface area contributed by atoms with Crippen LogP contribution >= 0.6 is 11.8 Å². The number of rotatable bonds is 5. The molecule has 0 amide bonds. The van der Waals surface area contributed by atoms with E-state index in [1.54, 1.807) is 19.2 Å². The third-order valence-corrected chi connectivity index (χ3v) is 2.63. The minimum atomic E-state index is -4.24. The lowest BCUT2D eigenvalue weighted by Gasteiger charge is -2.09. The van der Waals surface area contributed by atoms with Gasteiger partial charge < -0.3 is 9.30 Å². The predicted octanol–water partition coefficient (Wildman–Crippen LogP) is 2.92. The molecule has 0 aliphatic carbocycles. The van der Waals surface area contributed by atoms with E-state index in [0.717, 1.165) is 0 Å². The van der Waals surface area contributed by atoms with Gasteiger partial charge in [-0.2, -0.15) is 13.2 Å². The second kappa shape index (κ2) is 6.00. The molecule has 1 rings (SSSR count). The van der Waals surface area contributed by atoms with Crippen molar-refractivity contribution in [3.63, 3.8) is 0 Å². The minimum Gasteiger partial charge on any atom is -0.461 e. The SMILES string of the molecule is CCOC(=O)c1cccn1CCSC(F)(F)F. The van der Waals surface area contributed by atoms with Crippen LogP contribution in [0.25, 0.3) is 0 Å². The zero-order valence-corrected chi connectivity index (χ0v) is 9.98. The number of hydrogen-bond donors (Lipinski definition) is 0. The van der Waals surface area contributed by atoms with E-state index in [1.807, 2.05) is 0 Å². The molecule has 1 aromatic rings. The third kappa shape index (κ3) is 4.72. The van der Waals surface area contributed by atoms with Gasteiger partial charge in [-0.05, 0) is 30.8 Å². The Kier molecular flexibility index (Phi) is 4.92. The van der Waals surface area contributed by atoms with Crippen LogP contribution in [0.3, 0.4) is 0 Å². The van der Waals surface area contributed by atoms with Crippen molar-refractivity contribution in [2.45, 2.75) is 19.0 Å². The summed E-state index contributed by atoms with van der Waals surface area (Å²) in [6.45, 7) is 2.03. The Morgan fingerprint density at radius 1 is 1.53 bits per heavy atom. The van der Waals surface area contributed by atoms with Crippen LogP contribution in [-0.4, -0.2) is 28.4 Å². The summed E-state index contributed by atoms with van der Waals surface area (Å²) in [6, 6.07) is 3.13. The third-order valence-electron chi connectivity index (χ3n) is 1.91. The Morgan fingerprint density at radius 2 is 2.24 bits per heavy atom. The molecule has 1 heterocycles. The number of halogens is 3. The van der Waals surface area contributed by atoms with Crippen molar-refractivity contribution in [2.75, 3.05) is 12.4 Å². The van der Waals surface area contributed by atoms with Crippen LogP contribution in [0.15, 0.2) is 18.3 Å². The average Bonchev–Trinajstić information content (AvgIpc) is 2.64. The van der Waals surface area contributed by atoms with E-state index in [1.165, 1.54) is 10.6 Å². The van der Waals surface area contributed by atoms with Gasteiger partial charge in [0.25, 0.3) is 0 Å². The van der Waals surface area contributed by atoms with Gasteiger partial charge >= 0.3 is 11.5 Å². The van der Waals surface area contributed by atoms with Crippen LogP contribution in [0.1, 0.15) is 17.4 Å². The van der Waals surface area contributed by atoms with Crippen LogP contribution in [-0.2, 0) is 11.3 Å². The van der Waals surface area contributed by atoms with Crippen molar-refractivity contribution in [3.05, 3.63) is 24.0 Å². The number of hydrogen-bond acceptors (Lipinski definition) is 3. The Labute approximate surface area is 101 Å². The summed E-state index contributed by atoms with van der Waals surface area (Å²) in [5, 5.41) is 0. The fourth-order valence-corrected chi connectivity index (χ4v) is 1.78. The van der Waals surface area contributed by atoms with Crippen molar-refractivity contribution >= 4 is 17.7 Å². The highest BCUT2D eigenvalue weighted by atomic mass is 32.2. The quantitative estimate of drug-likeness (QED) is 0.769. The molecule has 0 bridgehead atoms. The number of aryl methyl sites for hydroxylation is 1. The van der Waals surface area contributed by atoms with Gasteiger partial charge in [0.2, 0.25) is 0 Å². The molecular formula is C10H12F3NO2S. The van der Waals surface area contributed by atoms with Gasteiger partial charge in [-0.25, -0.2) is 4.79 Å². The van der Waals surface area contributed by atoms with E-state index in [2.05, 4.69) is 0 Å². The van der Waals surface area contributed by atoms with Crippen molar-refractivity contribution in [1.82, 2.24) is 4.57 Å². The van der Waals surface area contributed by atoms with Crippen molar-refractivity contribution < 1.29 is 22.7 Å². The standard InChI is InChI=1S/C10H12F3NO2S/c1-2-16-9(15)8-4-3-5-14(8)6-7-17-10(11,12)13/h3-5H,2,6-7H2,1H3. The molecule has 0 saturated heterocycles. The summed E-state index contributed by atoms with van der Waals surface area (Å²) in [7, 11) is 0. The number of esters is 1. The van der Waals surface area contributed by atoms with Gasteiger partial charge in [0.05, 0.1) is 6.61 Å². The van der Waals surface area contributed by atoms with E-state index in [0.29, 0.717) is 0 Å². The first kappa shape index (κ1) is 14.0. The first-order chi connectivity index (χ1) is 7.94. The smallest absolute Gasteiger partial charge is 0.441 e. The number of ether oxygens (including phenoxy) is 1. The largest absolute Gasteiger partial charge is 0.461 e. The maximum atomic E-state index is 11.9. The number of carbonyl (C=O) groups is 1. The zero-order chi connectivity index (χ0) is 12.9. The van der Waals surface area contributed by atoms with Crippen LogP contribution in [0.2, 0.25) is 0 Å². The maximum absolute atomic E-state index is 11.9. The molecule has 0 aliphatic rings. The molecule has 0 N–H and O–H groups in total. The normalized spacial score (nSPS) is 11.5. The summed E-state index contributed by atoms with van der Waals surface area (Å²) < 4.78 is 42.0. The highest BCUT2D eigenvalue weighted by molar-refractivity contribution is 8.00. The molecule has 0 fully saturated rings. The monoisotopic (exact) mass is 267 g/mol. The Balaban J connectivity index is 2.54. The highest BCUT2D eigenvalue weighted by Crippen LogP contribution is 2.30. The van der Waals surface area contributed by atoms with Gasteiger partial charge in [-0.1, -0.05) is 0 Å². The van der Waals surface area contributed by atoms with Gasteiger partial charge in [0.15, 0.2) is 0 Å². The summed E-state index contributed by atoms with van der Waals surface area (Å²) >= 11 is -0.107. The topological polar surface area (TPSA) is 31.2 Å². The number of aromatic nitrogens is 1. The van der Waals surface area contributed by atoms with E-state index < -0.39 is 11.5 Å². The fourth-order valence-electron chi connectivity index (χ4n) is 1.26. The average molecular weight is 267 g/mol. The second-order valence-corrected chi connectivity index (χ2v) is 4.26. The lowest BCUT2D eigenvalue weighted by atomic mass is 10.4. The van der Waals surface area contributed by atoms with Gasteiger partial charge in [-0.15, -0.1) is 0 Å². The molecule has 0 saturated carbocycles. The second-order valence-electron chi connectivity index (χ2n) is 3.10. The van der Waals surface area contributed by atoms with E-state index in [9.17, 15) is 18.0 Å². The van der Waals surface area contributed by atoms with Crippen molar-refractivity contribution in [2.24, 2.45) is 0 Å². The molecule has 1 aromatic heterocycles. The van der Waals surface area contributed by atoms with E-state index in [-0.39, 0.29) is 36.4 Å². The lowest BCUT2D eigenvalue weighted by molar-refractivity contribution is -0.0328. The molecule has 0 unspecified atom stereocenters. The number of nitrogens with zero attached hydrogens (tertiary/aromatic N) is 1. The minimum absolute atomic E-state index is 0.107. The summed E-state index contributed by atoms with van der Waals surface area (Å²) in [4.78, 5) is 11.4. The van der Waals surface area contributed by atoms with Crippen LogP contribution in [0.5, 0.6) is 0 Å². The molecule has 3 nitrogen and oxygen atoms in total. The van der Waals surface area contributed by atoms with Gasteiger partial charge in [-0.3, -0.25) is 0 Å². The van der Waals surface area contributed by atoms with Crippen LogP contribution < -0.4 is 0 Å². The molecule has 0 aromatic carbocycles.